The molecule has 1 rings (SSSR count). The van der Waals surface area contributed by atoms with Crippen LogP contribution in [-0.4, -0.2) is 6.54 Å². The van der Waals surface area contributed by atoms with Gasteiger partial charge < -0.3 is 5.73 Å². The monoisotopic (exact) mass is 191 g/mol. The number of nitrogens with two attached hydrogens (primary N) is 1. The fourth-order valence-corrected chi connectivity index (χ4v) is 2.72. The number of halogens is 1. The largest absolute Gasteiger partial charge is 0.330 e. The van der Waals surface area contributed by atoms with Crippen LogP contribution in [0.5, 0.6) is 0 Å². The van der Waals surface area contributed by atoms with Gasteiger partial charge in [0, 0.05) is 0 Å². The molecule has 0 saturated heterocycles. The number of hydrogen-bond acceptors (Lipinski definition) is 1. The van der Waals surface area contributed by atoms with E-state index in [1.807, 2.05) is 0 Å². The first kappa shape index (κ1) is 12.2. The molecule has 2 atom stereocenters. The van der Waals surface area contributed by atoms with Crippen molar-refractivity contribution in [1.82, 2.24) is 0 Å². The van der Waals surface area contributed by atoms with Gasteiger partial charge in [-0.25, -0.2) is 0 Å². The van der Waals surface area contributed by atoms with Crippen molar-refractivity contribution >= 4 is 12.4 Å². The molecular weight excluding hydrogens is 170 g/mol. The average Bonchev–Trinajstić information content (AvgIpc) is 1.83. The fraction of sp³-hybridized carbons (Fsp3) is 1.00. The quantitative estimate of drug-likeness (QED) is 0.678. The van der Waals surface area contributed by atoms with Gasteiger partial charge in [-0.2, -0.15) is 0 Å². The smallest absolute Gasteiger partial charge is 0.00486 e. The van der Waals surface area contributed by atoms with Gasteiger partial charge >= 0.3 is 0 Å². The van der Waals surface area contributed by atoms with Crippen molar-refractivity contribution in [2.75, 3.05) is 6.54 Å². The second kappa shape index (κ2) is 4.48. The number of rotatable bonds is 1. The molecule has 0 aliphatic heterocycles. The van der Waals surface area contributed by atoms with Gasteiger partial charge in [-0.05, 0) is 43.1 Å². The molecular formula is C10H22ClN. The first-order valence-corrected chi connectivity index (χ1v) is 4.73. The zero-order chi connectivity index (χ0) is 8.48. The molecule has 1 aliphatic carbocycles. The van der Waals surface area contributed by atoms with Crippen LogP contribution in [0.3, 0.4) is 0 Å². The van der Waals surface area contributed by atoms with Crippen molar-refractivity contribution in [3.8, 4) is 0 Å². The zero-order valence-corrected chi connectivity index (χ0v) is 9.29. The van der Waals surface area contributed by atoms with E-state index in [1.54, 1.807) is 0 Å². The summed E-state index contributed by atoms with van der Waals surface area (Å²) in [5.41, 5.74) is 6.23. The van der Waals surface area contributed by atoms with Crippen LogP contribution in [0.4, 0.5) is 0 Å². The topological polar surface area (TPSA) is 26.0 Å². The second-order valence-electron chi connectivity index (χ2n) is 5.02. The number of hydrogen-bond donors (Lipinski definition) is 1. The van der Waals surface area contributed by atoms with Crippen molar-refractivity contribution in [2.45, 2.75) is 40.0 Å². The van der Waals surface area contributed by atoms with Gasteiger partial charge in [0.05, 0.1) is 0 Å². The third kappa shape index (κ3) is 3.32. The first-order valence-electron chi connectivity index (χ1n) is 4.73. The standard InChI is InChI=1S/C10H21N.ClH/c1-8-4-9(7-11)6-10(2,3)5-8;/h8-9H,4-7,11H2,1-3H3;1H/t8-,9+;/m1./s1. The second-order valence-corrected chi connectivity index (χ2v) is 5.02. The van der Waals surface area contributed by atoms with Crippen LogP contribution < -0.4 is 5.73 Å². The average molecular weight is 192 g/mol. The lowest BCUT2D eigenvalue weighted by molar-refractivity contribution is 0.137. The summed E-state index contributed by atoms with van der Waals surface area (Å²) in [5, 5.41) is 0. The van der Waals surface area contributed by atoms with Crippen LogP contribution >= 0.6 is 12.4 Å². The Morgan fingerprint density at radius 3 is 2.33 bits per heavy atom. The summed E-state index contributed by atoms with van der Waals surface area (Å²) in [6.07, 6.45) is 4.05. The third-order valence-corrected chi connectivity index (χ3v) is 2.81. The first-order chi connectivity index (χ1) is 5.03. The van der Waals surface area contributed by atoms with E-state index in [2.05, 4.69) is 20.8 Å². The van der Waals surface area contributed by atoms with Crippen molar-refractivity contribution in [2.24, 2.45) is 23.0 Å². The van der Waals surface area contributed by atoms with Crippen LogP contribution in [0.25, 0.3) is 0 Å². The minimum Gasteiger partial charge on any atom is -0.330 e. The molecule has 0 aromatic rings. The Kier molecular flexibility index (Phi) is 4.57. The van der Waals surface area contributed by atoms with Gasteiger partial charge in [-0.3, -0.25) is 0 Å². The van der Waals surface area contributed by atoms with Gasteiger partial charge in [-0.1, -0.05) is 20.8 Å². The van der Waals surface area contributed by atoms with Crippen LogP contribution in [0, 0.1) is 17.3 Å². The van der Waals surface area contributed by atoms with Gasteiger partial charge in [0.15, 0.2) is 0 Å². The van der Waals surface area contributed by atoms with E-state index >= 15 is 0 Å². The lowest BCUT2D eigenvalue weighted by Gasteiger charge is -2.38. The molecule has 1 saturated carbocycles. The summed E-state index contributed by atoms with van der Waals surface area (Å²) in [4.78, 5) is 0. The lowest BCUT2D eigenvalue weighted by Crippen LogP contribution is -2.31. The molecule has 0 unspecified atom stereocenters. The Hall–Kier alpha value is 0.250. The molecule has 0 bridgehead atoms. The summed E-state index contributed by atoms with van der Waals surface area (Å²) >= 11 is 0. The minimum atomic E-state index is 0. The Morgan fingerprint density at radius 2 is 1.92 bits per heavy atom. The SMILES string of the molecule is C[C@@H]1C[C@H](CN)CC(C)(C)C1.Cl. The van der Waals surface area contributed by atoms with E-state index in [-0.39, 0.29) is 12.4 Å². The van der Waals surface area contributed by atoms with Crippen LogP contribution in [0.15, 0.2) is 0 Å². The van der Waals surface area contributed by atoms with Gasteiger partial charge in [0.1, 0.15) is 0 Å². The highest BCUT2D eigenvalue weighted by molar-refractivity contribution is 5.85. The maximum absolute atomic E-state index is 5.69. The third-order valence-electron chi connectivity index (χ3n) is 2.81. The summed E-state index contributed by atoms with van der Waals surface area (Å²) in [6, 6.07) is 0. The van der Waals surface area contributed by atoms with Crippen LogP contribution in [-0.2, 0) is 0 Å². The fourth-order valence-electron chi connectivity index (χ4n) is 2.72. The highest BCUT2D eigenvalue weighted by Crippen LogP contribution is 2.40. The zero-order valence-electron chi connectivity index (χ0n) is 8.47. The normalized spacial score (nSPS) is 34.0. The van der Waals surface area contributed by atoms with Crippen molar-refractivity contribution in [1.29, 1.82) is 0 Å². The highest BCUT2D eigenvalue weighted by Gasteiger charge is 2.30. The molecule has 2 N–H and O–H groups in total. The predicted octanol–water partition coefficient (Wildman–Crippen LogP) is 2.83. The summed E-state index contributed by atoms with van der Waals surface area (Å²) in [5.74, 6) is 1.67. The van der Waals surface area contributed by atoms with E-state index in [4.69, 9.17) is 5.73 Å². The molecule has 0 aromatic heterocycles. The molecule has 0 heterocycles. The highest BCUT2D eigenvalue weighted by atomic mass is 35.5. The van der Waals surface area contributed by atoms with E-state index in [9.17, 15) is 0 Å². The Bertz CT molecular complexity index is 134. The molecule has 74 valence electrons. The van der Waals surface area contributed by atoms with Gasteiger partial charge in [0.2, 0.25) is 0 Å². The molecule has 0 aromatic carbocycles. The predicted molar refractivity (Wildman–Crippen MR) is 56.6 cm³/mol. The Balaban J connectivity index is 0.00000121. The molecule has 0 spiro atoms. The lowest BCUT2D eigenvalue weighted by atomic mass is 9.68. The van der Waals surface area contributed by atoms with E-state index in [1.165, 1.54) is 19.3 Å². The summed E-state index contributed by atoms with van der Waals surface area (Å²) in [7, 11) is 0. The summed E-state index contributed by atoms with van der Waals surface area (Å²) in [6.45, 7) is 7.97. The van der Waals surface area contributed by atoms with E-state index < -0.39 is 0 Å². The summed E-state index contributed by atoms with van der Waals surface area (Å²) < 4.78 is 0. The Morgan fingerprint density at radius 1 is 1.33 bits per heavy atom. The van der Waals surface area contributed by atoms with E-state index in [0.29, 0.717) is 5.41 Å². The maximum Gasteiger partial charge on any atom is -0.00486 e. The van der Waals surface area contributed by atoms with Crippen molar-refractivity contribution < 1.29 is 0 Å². The molecule has 0 radical (unpaired) electrons. The Labute approximate surface area is 82.5 Å². The minimum absolute atomic E-state index is 0. The van der Waals surface area contributed by atoms with Crippen LogP contribution in [0.1, 0.15) is 40.0 Å². The van der Waals surface area contributed by atoms with E-state index in [0.717, 1.165) is 18.4 Å². The molecule has 1 fully saturated rings. The molecule has 1 nitrogen and oxygen atoms in total. The molecule has 2 heteroatoms. The van der Waals surface area contributed by atoms with Crippen molar-refractivity contribution in [3.05, 3.63) is 0 Å². The van der Waals surface area contributed by atoms with Crippen LogP contribution in [0.2, 0.25) is 0 Å². The van der Waals surface area contributed by atoms with Gasteiger partial charge in [0.25, 0.3) is 0 Å². The maximum atomic E-state index is 5.69. The molecule has 0 amide bonds. The van der Waals surface area contributed by atoms with Gasteiger partial charge in [-0.15, -0.1) is 12.4 Å². The molecule has 12 heavy (non-hydrogen) atoms. The van der Waals surface area contributed by atoms with Crippen molar-refractivity contribution in [3.63, 3.8) is 0 Å². The molecule has 1 aliphatic rings.